The lowest BCUT2D eigenvalue weighted by Crippen LogP contribution is -2.39. The molecule has 146 valence electrons. The fraction of sp³-hybridized carbons (Fsp3) is 0.273. The van der Waals surface area contributed by atoms with Gasteiger partial charge in [-0.25, -0.2) is 15.0 Å². The number of hydrogen-bond donors (Lipinski definition) is 1. The number of ether oxygens (including phenoxy) is 1. The van der Waals surface area contributed by atoms with Gasteiger partial charge >= 0.3 is 0 Å². The van der Waals surface area contributed by atoms with Crippen molar-refractivity contribution in [3.05, 3.63) is 66.2 Å². The van der Waals surface area contributed by atoms with Crippen LogP contribution >= 0.6 is 0 Å². The number of aryl methyl sites for hydroxylation is 1. The first-order valence-electron chi connectivity index (χ1n) is 9.91. The third-order valence-corrected chi connectivity index (χ3v) is 5.15. The van der Waals surface area contributed by atoms with Gasteiger partial charge < -0.3 is 9.64 Å². The second-order valence-electron chi connectivity index (χ2n) is 7.05. The molecule has 2 aromatic heterocycles. The molecule has 7 nitrogen and oxygen atoms in total. The normalized spacial score (nSPS) is 17.0. The maximum Gasteiger partial charge on any atom is 0.181 e. The first-order valence-corrected chi connectivity index (χ1v) is 9.91. The van der Waals surface area contributed by atoms with Crippen molar-refractivity contribution in [1.82, 2.24) is 25.1 Å². The average molecular weight is 386 g/mol. The van der Waals surface area contributed by atoms with Gasteiger partial charge in [0, 0.05) is 23.9 Å². The molecular formula is C22H22N6O. The summed E-state index contributed by atoms with van der Waals surface area (Å²) in [6.45, 7) is 4.06. The minimum Gasteiger partial charge on any atom is -0.366 e. The zero-order valence-corrected chi connectivity index (χ0v) is 16.2. The Bertz CT molecular complexity index is 1130. The van der Waals surface area contributed by atoms with Crippen LogP contribution < -0.4 is 4.90 Å². The van der Waals surface area contributed by atoms with Gasteiger partial charge in [-0.3, -0.25) is 5.10 Å². The molecule has 1 aliphatic rings. The van der Waals surface area contributed by atoms with Crippen LogP contribution in [0.1, 0.15) is 24.7 Å². The van der Waals surface area contributed by atoms with E-state index >= 15 is 0 Å². The highest BCUT2D eigenvalue weighted by Crippen LogP contribution is 2.30. The van der Waals surface area contributed by atoms with Crippen molar-refractivity contribution >= 4 is 16.7 Å². The zero-order chi connectivity index (χ0) is 19.6. The number of aromatic amines is 1. The van der Waals surface area contributed by atoms with Crippen LogP contribution in [0, 0.1) is 0 Å². The average Bonchev–Trinajstić information content (AvgIpc) is 3.28. The minimum absolute atomic E-state index is 0.186. The molecule has 0 radical (unpaired) electrons. The fourth-order valence-electron chi connectivity index (χ4n) is 3.63. The molecule has 5 rings (SSSR count). The van der Waals surface area contributed by atoms with Gasteiger partial charge in [-0.15, -0.1) is 0 Å². The summed E-state index contributed by atoms with van der Waals surface area (Å²) in [4.78, 5) is 16.6. The standard InChI is InChI=1S/C22H22N6O/c1-2-19-24-21(27-26-19)18-14-28(12-13-29-18)22-16-10-6-7-11-17(16)23-20(25-22)15-8-4-3-5-9-15/h3-11,18H,2,12-14H2,1H3,(H,24,26,27). The van der Waals surface area contributed by atoms with Crippen molar-refractivity contribution in [2.45, 2.75) is 19.4 Å². The van der Waals surface area contributed by atoms with E-state index in [4.69, 9.17) is 14.7 Å². The molecule has 7 heteroatoms. The van der Waals surface area contributed by atoms with Crippen LogP contribution in [-0.2, 0) is 11.2 Å². The Morgan fingerprint density at radius 1 is 1.03 bits per heavy atom. The number of benzene rings is 2. The minimum atomic E-state index is -0.186. The lowest BCUT2D eigenvalue weighted by Gasteiger charge is -2.33. The van der Waals surface area contributed by atoms with Crippen LogP contribution in [0.5, 0.6) is 0 Å². The number of rotatable bonds is 4. The quantitative estimate of drug-likeness (QED) is 0.578. The Hall–Kier alpha value is -3.32. The summed E-state index contributed by atoms with van der Waals surface area (Å²) in [6.07, 6.45) is 0.634. The van der Waals surface area contributed by atoms with Gasteiger partial charge in [0.2, 0.25) is 0 Å². The monoisotopic (exact) mass is 386 g/mol. The van der Waals surface area contributed by atoms with Gasteiger partial charge in [-0.2, -0.15) is 5.10 Å². The number of hydrogen-bond acceptors (Lipinski definition) is 6. The molecule has 1 fully saturated rings. The fourth-order valence-corrected chi connectivity index (χ4v) is 3.63. The van der Waals surface area contributed by atoms with Crippen molar-refractivity contribution in [2.75, 3.05) is 24.6 Å². The number of para-hydroxylation sites is 1. The van der Waals surface area contributed by atoms with E-state index < -0.39 is 0 Å². The van der Waals surface area contributed by atoms with E-state index in [2.05, 4.69) is 33.1 Å². The smallest absolute Gasteiger partial charge is 0.181 e. The molecule has 1 unspecified atom stereocenters. The predicted molar refractivity (Wildman–Crippen MR) is 112 cm³/mol. The van der Waals surface area contributed by atoms with Gasteiger partial charge in [0.1, 0.15) is 17.7 Å². The number of nitrogens with zero attached hydrogens (tertiary/aromatic N) is 5. The molecule has 0 aliphatic carbocycles. The summed E-state index contributed by atoms with van der Waals surface area (Å²) >= 11 is 0. The van der Waals surface area contributed by atoms with Gasteiger partial charge in [0.25, 0.3) is 0 Å². The summed E-state index contributed by atoms with van der Waals surface area (Å²) in [7, 11) is 0. The molecule has 29 heavy (non-hydrogen) atoms. The Kier molecular flexibility index (Phi) is 4.65. The number of anilines is 1. The van der Waals surface area contributed by atoms with Crippen molar-refractivity contribution in [3.8, 4) is 11.4 Å². The Morgan fingerprint density at radius 3 is 2.69 bits per heavy atom. The van der Waals surface area contributed by atoms with Crippen LogP contribution in [0.4, 0.5) is 5.82 Å². The van der Waals surface area contributed by atoms with Crippen LogP contribution in [-0.4, -0.2) is 44.8 Å². The van der Waals surface area contributed by atoms with E-state index in [9.17, 15) is 0 Å². The van der Waals surface area contributed by atoms with Crippen LogP contribution in [0.2, 0.25) is 0 Å². The molecule has 3 heterocycles. The predicted octanol–water partition coefficient (Wildman–Crippen LogP) is 3.56. The Morgan fingerprint density at radius 2 is 1.86 bits per heavy atom. The molecule has 1 saturated heterocycles. The highest BCUT2D eigenvalue weighted by Gasteiger charge is 2.27. The maximum atomic E-state index is 5.97. The van der Waals surface area contributed by atoms with Crippen molar-refractivity contribution in [2.24, 2.45) is 0 Å². The van der Waals surface area contributed by atoms with E-state index in [0.29, 0.717) is 19.0 Å². The number of H-pyrrole nitrogens is 1. The SMILES string of the molecule is CCc1nc(C2CN(c3nc(-c4ccccc4)nc4ccccc34)CCO2)n[nH]1. The Balaban J connectivity index is 1.54. The van der Waals surface area contributed by atoms with Crippen LogP contribution in [0.3, 0.4) is 0 Å². The van der Waals surface area contributed by atoms with Crippen molar-refractivity contribution in [3.63, 3.8) is 0 Å². The number of fused-ring (bicyclic) bond motifs is 1. The van der Waals surface area contributed by atoms with Gasteiger partial charge in [-0.05, 0) is 12.1 Å². The van der Waals surface area contributed by atoms with E-state index in [-0.39, 0.29) is 6.10 Å². The third-order valence-electron chi connectivity index (χ3n) is 5.15. The van der Waals surface area contributed by atoms with Crippen LogP contribution in [0.25, 0.3) is 22.3 Å². The molecule has 1 atom stereocenters. The molecule has 0 bridgehead atoms. The van der Waals surface area contributed by atoms with Crippen molar-refractivity contribution < 1.29 is 4.74 Å². The second-order valence-corrected chi connectivity index (χ2v) is 7.05. The maximum absolute atomic E-state index is 5.97. The number of aromatic nitrogens is 5. The van der Waals surface area contributed by atoms with E-state index in [0.717, 1.165) is 46.9 Å². The summed E-state index contributed by atoms with van der Waals surface area (Å²) in [5.74, 6) is 3.23. The summed E-state index contributed by atoms with van der Waals surface area (Å²) in [5, 5.41) is 8.37. The van der Waals surface area contributed by atoms with Crippen molar-refractivity contribution in [1.29, 1.82) is 0 Å². The lowest BCUT2D eigenvalue weighted by molar-refractivity contribution is 0.0340. The summed E-state index contributed by atoms with van der Waals surface area (Å²) < 4.78 is 5.97. The lowest BCUT2D eigenvalue weighted by atomic mass is 10.1. The van der Waals surface area contributed by atoms with Gasteiger partial charge in [0.15, 0.2) is 11.6 Å². The molecule has 1 N–H and O–H groups in total. The number of morpholine rings is 1. The second kappa shape index (κ2) is 7.60. The first-order chi connectivity index (χ1) is 14.3. The number of nitrogens with one attached hydrogen (secondary N) is 1. The summed E-state index contributed by atoms with van der Waals surface area (Å²) in [6, 6.07) is 18.2. The highest BCUT2D eigenvalue weighted by atomic mass is 16.5. The van der Waals surface area contributed by atoms with Gasteiger partial charge in [0.05, 0.1) is 18.7 Å². The largest absolute Gasteiger partial charge is 0.366 e. The molecule has 0 spiro atoms. The summed E-state index contributed by atoms with van der Waals surface area (Å²) in [5.41, 5.74) is 1.94. The molecule has 0 saturated carbocycles. The molecule has 0 amide bonds. The van der Waals surface area contributed by atoms with E-state index in [1.54, 1.807) is 0 Å². The zero-order valence-electron chi connectivity index (χ0n) is 16.2. The topological polar surface area (TPSA) is 79.8 Å². The molecular weight excluding hydrogens is 364 g/mol. The highest BCUT2D eigenvalue weighted by molar-refractivity contribution is 5.91. The van der Waals surface area contributed by atoms with E-state index in [1.165, 1.54) is 0 Å². The third kappa shape index (κ3) is 3.45. The molecule has 2 aromatic carbocycles. The first kappa shape index (κ1) is 17.8. The van der Waals surface area contributed by atoms with Crippen LogP contribution in [0.15, 0.2) is 54.6 Å². The molecule has 4 aromatic rings. The molecule has 1 aliphatic heterocycles. The van der Waals surface area contributed by atoms with Gasteiger partial charge in [-0.1, -0.05) is 49.4 Å². The van der Waals surface area contributed by atoms with E-state index in [1.807, 2.05) is 48.5 Å². The Labute approximate surface area is 168 Å².